The summed E-state index contributed by atoms with van der Waals surface area (Å²) in [5.41, 5.74) is 29.1. The van der Waals surface area contributed by atoms with E-state index < -0.39 is 0 Å². The van der Waals surface area contributed by atoms with Crippen molar-refractivity contribution in [3.8, 4) is 44.5 Å². The topological polar surface area (TPSA) is 83.8 Å². The van der Waals surface area contributed by atoms with Crippen LogP contribution in [0.5, 0.6) is 0 Å². The van der Waals surface area contributed by atoms with Gasteiger partial charge >= 0.3 is 11.9 Å². The van der Waals surface area contributed by atoms with Gasteiger partial charge in [-0.05, 0) is 187 Å². The number of rotatable bonds is 21. The number of hydrazone groups is 2. The molecule has 0 aliphatic heterocycles. The molecular weight excluding hydrogens is 1200 g/mol. The normalized spacial score (nSPS) is 13.2. The maximum absolute atomic E-state index is 13.6. The number of esters is 2. The summed E-state index contributed by atoms with van der Waals surface area (Å²) in [7, 11) is 0. The Labute approximate surface area is 572 Å². The minimum Gasteiger partial charge on any atom is -0.462 e. The molecule has 8 nitrogen and oxygen atoms in total. The SMILES string of the molecule is O=C(OCCCCCCCCCCOC(=O)c1ccc2c(c1)-c1ccccc1/C2=N\N(c1ccccc1)c1ccc(C=C2c3ccccc3-c3ccccc32)cc1)c1ccc2c(c1)-c1ccccc1/C2=N\N(c1ccccc1)c1ccc(C=C2c3ccccc3-c3ccccc32)cc1. The number of ether oxygens (including phenoxy) is 2. The van der Waals surface area contributed by atoms with Gasteiger partial charge in [0.1, 0.15) is 0 Å². The van der Waals surface area contributed by atoms with Crippen molar-refractivity contribution in [2.24, 2.45) is 10.2 Å². The molecule has 16 rings (SSSR count). The van der Waals surface area contributed by atoms with Crippen molar-refractivity contribution in [3.63, 3.8) is 0 Å². The summed E-state index contributed by atoms with van der Waals surface area (Å²) < 4.78 is 11.8. The summed E-state index contributed by atoms with van der Waals surface area (Å²) in [5, 5.41) is 14.9. The molecule has 4 aliphatic rings. The molecule has 0 bridgehead atoms. The first kappa shape index (κ1) is 60.9. The number of para-hydroxylation sites is 2. The fraction of sp³-hybridized carbons (Fsp3) is 0.111. The van der Waals surface area contributed by atoms with E-state index in [0.717, 1.165) is 141 Å². The van der Waals surface area contributed by atoms with Crippen LogP contribution in [0, 0.1) is 0 Å². The van der Waals surface area contributed by atoms with Crippen LogP contribution in [-0.2, 0) is 9.47 Å². The maximum Gasteiger partial charge on any atom is 0.338 e. The first-order chi connectivity index (χ1) is 48.5. The van der Waals surface area contributed by atoms with Crippen molar-refractivity contribution >= 4 is 69.4 Å². The zero-order valence-corrected chi connectivity index (χ0v) is 54.4. The average molecular weight is 1270 g/mol. The van der Waals surface area contributed by atoms with Crippen molar-refractivity contribution in [2.45, 2.75) is 51.4 Å². The van der Waals surface area contributed by atoms with Gasteiger partial charge in [0.05, 0.1) is 58.5 Å². The summed E-state index contributed by atoms with van der Waals surface area (Å²) in [6.45, 7) is 0.736. The molecule has 12 aromatic carbocycles. The first-order valence-electron chi connectivity index (χ1n) is 34.2. The van der Waals surface area contributed by atoms with Crippen molar-refractivity contribution < 1.29 is 19.1 Å². The predicted molar refractivity (Wildman–Crippen MR) is 400 cm³/mol. The Morgan fingerprint density at radius 3 is 0.867 bits per heavy atom. The molecule has 8 heteroatoms. The van der Waals surface area contributed by atoms with Crippen LogP contribution in [0.2, 0.25) is 0 Å². The molecule has 474 valence electrons. The lowest BCUT2D eigenvalue weighted by molar-refractivity contribution is 0.0487. The van der Waals surface area contributed by atoms with Crippen LogP contribution in [-0.4, -0.2) is 36.6 Å². The lowest BCUT2D eigenvalue weighted by Crippen LogP contribution is -2.14. The van der Waals surface area contributed by atoms with E-state index in [1.54, 1.807) is 0 Å². The van der Waals surface area contributed by atoms with E-state index in [9.17, 15) is 9.59 Å². The smallest absolute Gasteiger partial charge is 0.338 e. The molecule has 0 atom stereocenters. The quantitative estimate of drug-likeness (QED) is 0.0405. The second kappa shape index (κ2) is 27.4. The van der Waals surface area contributed by atoms with Gasteiger partial charge in [0.25, 0.3) is 0 Å². The molecule has 12 aromatic rings. The number of nitrogens with zero attached hydrogens (tertiary/aromatic N) is 4. The van der Waals surface area contributed by atoms with Crippen LogP contribution in [0.3, 0.4) is 0 Å². The largest absolute Gasteiger partial charge is 0.462 e. The van der Waals surface area contributed by atoms with E-state index in [4.69, 9.17) is 19.7 Å². The summed E-state index contributed by atoms with van der Waals surface area (Å²) in [6.07, 6.45) is 12.4. The highest BCUT2D eigenvalue weighted by Crippen LogP contribution is 2.48. The van der Waals surface area contributed by atoms with Gasteiger partial charge in [0.15, 0.2) is 0 Å². The minimum absolute atomic E-state index is 0.320. The van der Waals surface area contributed by atoms with Gasteiger partial charge in [-0.15, -0.1) is 0 Å². The molecule has 0 radical (unpaired) electrons. The second-order valence-corrected chi connectivity index (χ2v) is 25.4. The van der Waals surface area contributed by atoms with Gasteiger partial charge in [-0.2, -0.15) is 10.2 Å². The number of unbranched alkanes of at least 4 members (excludes halogenated alkanes) is 7. The van der Waals surface area contributed by atoms with Gasteiger partial charge in [0, 0.05) is 22.3 Å². The second-order valence-electron chi connectivity index (χ2n) is 25.4. The fourth-order valence-corrected chi connectivity index (χ4v) is 14.4. The summed E-state index contributed by atoms with van der Waals surface area (Å²) in [4.78, 5) is 27.2. The highest BCUT2D eigenvalue weighted by molar-refractivity contribution is 6.26. The third-order valence-corrected chi connectivity index (χ3v) is 19.2. The number of anilines is 4. The third kappa shape index (κ3) is 12.1. The summed E-state index contributed by atoms with van der Waals surface area (Å²) in [5.74, 6) is -0.641. The van der Waals surface area contributed by atoms with E-state index in [2.05, 4.69) is 206 Å². The highest BCUT2D eigenvalue weighted by Gasteiger charge is 2.31. The van der Waals surface area contributed by atoms with Crippen LogP contribution in [0.25, 0.3) is 67.8 Å². The van der Waals surface area contributed by atoms with Gasteiger partial charge in [0.2, 0.25) is 0 Å². The summed E-state index contributed by atoms with van der Waals surface area (Å²) >= 11 is 0. The Morgan fingerprint density at radius 1 is 0.265 bits per heavy atom. The minimum atomic E-state index is -0.320. The molecule has 0 N–H and O–H groups in total. The van der Waals surface area contributed by atoms with E-state index in [1.165, 1.54) is 55.7 Å². The Morgan fingerprint density at radius 2 is 0.531 bits per heavy atom. The lowest BCUT2D eigenvalue weighted by Gasteiger charge is -2.21. The van der Waals surface area contributed by atoms with Gasteiger partial charge < -0.3 is 9.47 Å². The van der Waals surface area contributed by atoms with Crippen LogP contribution in [0.1, 0.15) is 128 Å². The molecule has 0 saturated carbocycles. The third-order valence-electron chi connectivity index (χ3n) is 19.2. The molecule has 0 fully saturated rings. The van der Waals surface area contributed by atoms with Crippen LogP contribution >= 0.6 is 0 Å². The molecule has 0 unspecified atom stereocenters. The Balaban J connectivity index is 0.503. The molecule has 0 spiro atoms. The Bertz CT molecular complexity index is 4730. The average Bonchev–Trinajstić information content (AvgIpc) is 1.63. The number of benzene rings is 12. The number of hydrogen-bond acceptors (Lipinski definition) is 8. The standard InChI is InChI=1S/C90H70N4O4/c95-89(63-47-53-81-85(59-63)77-39-21-23-41-79(77)87(81)91-93(65-27-9-7-10-28-65)67-49-43-61(44-50-67)57-83-73-35-17-13-31-69(73)70-32-14-18-36-74(70)83)97-55-25-5-3-1-2-4-6-26-56-98-90(96)64-48-54-82-86(60-64)78-40-22-24-42-80(78)88(82)92-94(66-29-11-8-12-30-66)68-51-45-62(46-52-68)58-84-75-37-19-15-33-71(75)72-34-16-20-38-76(72)84/h7-24,27-54,57-60H,1-6,25-26,55-56H2/b91-87+,92-88+. The molecular formula is C90H70N4O4. The first-order valence-corrected chi connectivity index (χ1v) is 34.2. The van der Waals surface area contributed by atoms with E-state index in [0.29, 0.717) is 24.3 Å². The molecule has 4 aliphatic carbocycles. The van der Waals surface area contributed by atoms with Crippen molar-refractivity contribution in [1.82, 2.24) is 0 Å². The van der Waals surface area contributed by atoms with Crippen molar-refractivity contribution in [3.05, 3.63) is 358 Å². The molecule has 98 heavy (non-hydrogen) atoms. The number of carbonyl (C=O) groups is 2. The zero-order chi connectivity index (χ0) is 65.7. The maximum atomic E-state index is 13.6. The monoisotopic (exact) mass is 1270 g/mol. The fourth-order valence-electron chi connectivity index (χ4n) is 14.4. The lowest BCUT2D eigenvalue weighted by atomic mass is 10.0. The number of fused-ring (bicyclic) bond motifs is 12. The number of carbonyl (C=O) groups excluding carboxylic acids is 2. The van der Waals surface area contributed by atoms with Crippen molar-refractivity contribution in [2.75, 3.05) is 23.2 Å². The van der Waals surface area contributed by atoms with E-state index in [1.807, 2.05) is 107 Å². The zero-order valence-electron chi connectivity index (χ0n) is 54.4. The number of hydrogen-bond donors (Lipinski definition) is 0. The van der Waals surface area contributed by atoms with Crippen molar-refractivity contribution in [1.29, 1.82) is 0 Å². The van der Waals surface area contributed by atoms with Crippen LogP contribution in [0.4, 0.5) is 22.7 Å². The summed E-state index contributed by atoms with van der Waals surface area (Å²) in [6, 6.07) is 100. The Kier molecular flexibility index (Phi) is 17.0. The van der Waals surface area contributed by atoms with E-state index in [-0.39, 0.29) is 11.9 Å². The van der Waals surface area contributed by atoms with Crippen LogP contribution in [0.15, 0.2) is 301 Å². The Hall–Kier alpha value is -12.0. The molecule has 0 heterocycles. The van der Waals surface area contributed by atoms with Gasteiger partial charge in [-0.1, -0.05) is 257 Å². The van der Waals surface area contributed by atoms with E-state index >= 15 is 0 Å². The molecule has 0 aromatic heterocycles. The molecule has 0 amide bonds. The van der Waals surface area contributed by atoms with Gasteiger partial charge in [-0.3, -0.25) is 0 Å². The van der Waals surface area contributed by atoms with Crippen LogP contribution < -0.4 is 10.0 Å². The molecule has 0 saturated heterocycles. The highest BCUT2D eigenvalue weighted by atomic mass is 16.5. The van der Waals surface area contributed by atoms with Gasteiger partial charge in [-0.25, -0.2) is 19.6 Å². The predicted octanol–water partition coefficient (Wildman–Crippen LogP) is 22.1.